The monoisotopic (exact) mass is 256 g/mol. The molecule has 1 aromatic rings. The van der Waals surface area contributed by atoms with Crippen molar-refractivity contribution in [1.82, 2.24) is 5.43 Å². The number of allylic oxidation sites excluding steroid dienone is 1. The summed E-state index contributed by atoms with van der Waals surface area (Å²) in [4.78, 5) is 24.4. The summed E-state index contributed by atoms with van der Waals surface area (Å²) in [6.07, 6.45) is 5.08. The molecule has 0 aromatic heterocycles. The van der Waals surface area contributed by atoms with Gasteiger partial charge in [0.2, 0.25) is 0 Å². The molecule has 3 rings (SSSR count). The third-order valence-electron chi connectivity index (χ3n) is 3.68. The average Bonchev–Trinajstić information content (AvgIpc) is 2.76. The van der Waals surface area contributed by atoms with E-state index in [0.29, 0.717) is 11.3 Å². The van der Waals surface area contributed by atoms with Gasteiger partial charge in [0.1, 0.15) is 5.57 Å². The van der Waals surface area contributed by atoms with Crippen LogP contribution in [0.3, 0.4) is 0 Å². The van der Waals surface area contributed by atoms with Crippen molar-refractivity contribution in [3.05, 3.63) is 41.5 Å². The molecule has 0 unspecified atom stereocenters. The Morgan fingerprint density at radius 3 is 2.32 bits per heavy atom. The van der Waals surface area contributed by atoms with Crippen LogP contribution in [0, 0.1) is 0 Å². The van der Waals surface area contributed by atoms with Crippen LogP contribution in [-0.4, -0.2) is 11.8 Å². The van der Waals surface area contributed by atoms with Gasteiger partial charge in [0.15, 0.2) is 0 Å². The molecule has 19 heavy (non-hydrogen) atoms. The predicted molar refractivity (Wildman–Crippen MR) is 72.2 cm³/mol. The Hall–Kier alpha value is -2.10. The molecule has 2 amide bonds. The molecule has 0 bridgehead atoms. The van der Waals surface area contributed by atoms with Gasteiger partial charge in [-0.1, -0.05) is 30.2 Å². The zero-order valence-corrected chi connectivity index (χ0v) is 10.7. The van der Waals surface area contributed by atoms with Gasteiger partial charge >= 0.3 is 0 Å². The first-order chi connectivity index (χ1) is 9.27. The van der Waals surface area contributed by atoms with Gasteiger partial charge in [0.05, 0.1) is 5.69 Å². The molecule has 0 radical (unpaired) electrons. The highest BCUT2D eigenvalue weighted by atomic mass is 16.2. The minimum Gasteiger partial charge on any atom is -0.267 e. The predicted octanol–water partition coefficient (Wildman–Crippen LogP) is 2.33. The molecule has 1 N–H and O–H groups in total. The number of hydrogen-bond acceptors (Lipinski definition) is 2. The summed E-state index contributed by atoms with van der Waals surface area (Å²) in [7, 11) is 0. The van der Waals surface area contributed by atoms with Crippen molar-refractivity contribution < 1.29 is 9.59 Å². The summed E-state index contributed by atoms with van der Waals surface area (Å²) in [5.41, 5.74) is 4.74. The lowest BCUT2D eigenvalue weighted by atomic mass is 9.91. The van der Waals surface area contributed by atoms with Crippen molar-refractivity contribution in [1.29, 1.82) is 0 Å². The number of carbonyl (C=O) groups excluding carboxylic acids is 2. The first kappa shape index (κ1) is 12.0. The molecule has 0 spiro atoms. The first-order valence-electron chi connectivity index (χ1n) is 6.70. The smallest absolute Gasteiger partial charge is 0.267 e. The van der Waals surface area contributed by atoms with E-state index < -0.39 is 0 Å². The van der Waals surface area contributed by atoms with Crippen LogP contribution in [0.1, 0.15) is 32.1 Å². The van der Waals surface area contributed by atoms with Gasteiger partial charge in [-0.05, 0) is 37.8 Å². The van der Waals surface area contributed by atoms with Crippen molar-refractivity contribution in [3.8, 4) is 0 Å². The number of benzene rings is 1. The van der Waals surface area contributed by atoms with Gasteiger partial charge in [-0.2, -0.15) is 0 Å². The van der Waals surface area contributed by atoms with E-state index in [4.69, 9.17) is 0 Å². The quantitative estimate of drug-likeness (QED) is 0.619. The number of nitrogens with zero attached hydrogens (tertiary/aromatic N) is 1. The normalized spacial score (nSPS) is 19.9. The Morgan fingerprint density at radius 1 is 0.947 bits per heavy atom. The molecule has 0 atom stereocenters. The fourth-order valence-corrected chi connectivity index (χ4v) is 2.72. The van der Waals surface area contributed by atoms with E-state index in [-0.39, 0.29) is 11.8 Å². The highest BCUT2D eigenvalue weighted by Gasteiger charge is 2.36. The maximum Gasteiger partial charge on any atom is 0.282 e. The second kappa shape index (κ2) is 4.88. The standard InChI is InChI=1S/C15H16N2O2/c18-14-13(11-7-3-1-4-8-11)15(19)17(16-14)12-9-5-2-6-10-12/h2,5-6,9-10H,1,3-4,7-8H2,(H,16,18). The summed E-state index contributed by atoms with van der Waals surface area (Å²) in [5, 5.41) is 1.35. The zero-order valence-electron chi connectivity index (χ0n) is 10.7. The fourth-order valence-electron chi connectivity index (χ4n) is 2.72. The van der Waals surface area contributed by atoms with E-state index in [9.17, 15) is 9.59 Å². The number of para-hydroxylation sites is 1. The third kappa shape index (κ3) is 2.14. The minimum atomic E-state index is -0.259. The number of carbonyl (C=O) groups is 2. The number of anilines is 1. The molecule has 1 saturated heterocycles. The van der Waals surface area contributed by atoms with E-state index >= 15 is 0 Å². The van der Waals surface area contributed by atoms with E-state index in [1.165, 1.54) is 11.4 Å². The van der Waals surface area contributed by atoms with Crippen LogP contribution in [0.15, 0.2) is 41.5 Å². The fraction of sp³-hybridized carbons (Fsp3) is 0.333. The SMILES string of the molecule is O=C1NN(c2ccccc2)C(=O)C1=C1CCCCC1. The van der Waals surface area contributed by atoms with E-state index in [1.807, 2.05) is 30.3 Å². The lowest BCUT2D eigenvalue weighted by Crippen LogP contribution is -2.35. The van der Waals surface area contributed by atoms with Crippen LogP contribution in [0.25, 0.3) is 0 Å². The maximum atomic E-state index is 12.4. The van der Waals surface area contributed by atoms with Crippen LogP contribution in [0.2, 0.25) is 0 Å². The topological polar surface area (TPSA) is 49.4 Å². The Morgan fingerprint density at radius 2 is 1.63 bits per heavy atom. The zero-order chi connectivity index (χ0) is 13.2. The van der Waals surface area contributed by atoms with Gasteiger partial charge < -0.3 is 0 Å². The molecule has 1 saturated carbocycles. The molecular weight excluding hydrogens is 240 g/mol. The molecule has 4 heteroatoms. The highest BCUT2D eigenvalue weighted by Crippen LogP contribution is 2.29. The first-order valence-corrected chi connectivity index (χ1v) is 6.70. The lowest BCUT2D eigenvalue weighted by molar-refractivity contribution is -0.117. The molecule has 1 aliphatic heterocycles. The summed E-state index contributed by atoms with van der Waals surface area (Å²) >= 11 is 0. The number of nitrogens with one attached hydrogen (secondary N) is 1. The Labute approximate surface area is 112 Å². The number of hydrogen-bond donors (Lipinski definition) is 1. The van der Waals surface area contributed by atoms with Crippen molar-refractivity contribution in [2.75, 3.05) is 5.01 Å². The Balaban J connectivity index is 1.93. The summed E-state index contributed by atoms with van der Waals surface area (Å²) in [5.74, 6) is -0.473. The highest BCUT2D eigenvalue weighted by molar-refractivity contribution is 6.29. The molecule has 2 fully saturated rings. The van der Waals surface area contributed by atoms with Crippen LogP contribution < -0.4 is 10.4 Å². The molecule has 1 aromatic carbocycles. The van der Waals surface area contributed by atoms with Crippen molar-refractivity contribution in [2.24, 2.45) is 0 Å². The van der Waals surface area contributed by atoms with Crippen molar-refractivity contribution >= 4 is 17.5 Å². The Bertz CT molecular complexity index is 541. The van der Waals surface area contributed by atoms with Crippen LogP contribution in [0.4, 0.5) is 5.69 Å². The summed E-state index contributed by atoms with van der Waals surface area (Å²) < 4.78 is 0. The maximum absolute atomic E-state index is 12.4. The second-order valence-corrected chi connectivity index (χ2v) is 4.96. The molecule has 98 valence electrons. The Kier molecular flexibility index (Phi) is 3.07. The second-order valence-electron chi connectivity index (χ2n) is 4.96. The largest absolute Gasteiger partial charge is 0.282 e. The van der Waals surface area contributed by atoms with Crippen molar-refractivity contribution in [3.63, 3.8) is 0 Å². The van der Waals surface area contributed by atoms with Crippen LogP contribution in [0.5, 0.6) is 0 Å². The lowest BCUT2D eigenvalue weighted by Gasteiger charge is -2.16. The summed E-state index contributed by atoms with van der Waals surface area (Å²) in [6, 6.07) is 9.20. The van der Waals surface area contributed by atoms with E-state index in [1.54, 1.807) is 0 Å². The van der Waals surface area contributed by atoms with Crippen LogP contribution >= 0.6 is 0 Å². The molecular formula is C15H16N2O2. The number of rotatable bonds is 1. The van der Waals surface area contributed by atoms with Gasteiger partial charge in [0.25, 0.3) is 11.8 Å². The number of amides is 2. The summed E-state index contributed by atoms with van der Waals surface area (Å²) in [6.45, 7) is 0. The van der Waals surface area contributed by atoms with Gasteiger partial charge in [-0.25, -0.2) is 5.01 Å². The van der Waals surface area contributed by atoms with Crippen LogP contribution in [-0.2, 0) is 9.59 Å². The van der Waals surface area contributed by atoms with Gasteiger partial charge in [-0.15, -0.1) is 0 Å². The van der Waals surface area contributed by atoms with E-state index in [2.05, 4.69) is 5.43 Å². The molecule has 1 heterocycles. The average molecular weight is 256 g/mol. The molecule has 1 aliphatic carbocycles. The van der Waals surface area contributed by atoms with Gasteiger partial charge in [-0.3, -0.25) is 15.0 Å². The molecule has 4 nitrogen and oxygen atoms in total. The number of hydrazine groups is 1. The van der Waals surface area contributed by atoms with E-state index in [0.717, 1.165) is 31.3 Å². The molecule has 2 aliphatic rings. The van der Waals surface area contributed by atoms with Gasteiger partial charge in [0, 0.05) is 0 Å². The minimum absolute atomic E-state index is 0.215. The third-order valence-corrected chi connectivity index (χ3v) is 3.68. The van der Waals surface area contributed by atoms with Crippen molar-refractivity contribution in [2.45, 2.75) is 32.1 Å².